The predicted molar refractivity (Wildman–Crippen MR) is 98.2 cm³/mol. The van der Waals surface area contributed by atoms with Crippen molar-refractivity contribution in [1.29, 1.82) is 0 Å². The fraction of sp³-hybridized carbons (Fsp3) is 0.167. The molecule has 2 aromatic carbocycles. The fourth-order valence-corrected chi connectivity index (χ4v) is 3.61. The number of fused-ring (bicyclic) bond motifs is 1. The Morgan fingerprint density at radius 3 is 2.54 bits per heavy atom. The van der Waals surface area contributed by atoms with Crippen molar-refractivity contribution < 1.29 is 22.4 Å². The summed E-state index contributed by atoms with van der Waals surface area (Å²) in [5.41, 5.74) is 1.40. The van der Waals surface area contributed by atoms with Crippen LogP contribution in [0, 0.1) is 0 Å². The van der Waals surface area contributed by atoms with Crippen molar-refractivity contribution in [3.63, 3.8) is 0 Å². The number of para-hydroxylation sites is 1. The van der Waals surface area contributed by atoms with Crippen LogP contribution in [-0.2, 0) is 10.0 Å². The van der Waals surface area contributed by atoms with Crippen molar-refractivity contribution in [3.8, 4) is 5.75 Å². The highest BCUT2D eigenvalue weighted by Gasteiger charge is 2.24. The van der Waals surface area contributed by atoms with Gasteiger partial charge in [-0.25, -0.2) is 13.1 Å². The number of hydrogen-bond acceptors (Lipinski definition) is 6. The fourth-order valence-electron chi connectivity index (χ4n) is 2.48. The molecule has 0 saturated carbocycles. The van der Waals surface area contributed by atoms with Gasteiger partial charge in [0.25, 0.3) is 10.0 Å². The highest BCUT2D eigenvalue weighted by Crippen LogP contribution is 2.26. The number of nitrogens with zero attached hydrogens (tertiary/aromatic N) is 1. The Labute approximate surface area is 151 Å². The van der Waals surface area contributed by atoms with E-state index < -0.39 is 15.9 Å². The summed E-state index contributed by atoms with van der Waals surface area (Å²) in [5, 5.41) is 0.704. The van der Waals surface area contributed by atoms with E-state index in [0.717, 1.165) is 5.69 Å². The van der Waals surface area contributed by atoms with Gasteiger partial charge < -0.3 is 14.1 Å². The Bertz CT molecular complexity index is 1070. The average Bonchev–Trinajstić information content (AvgIpc) is 3.04. The first kappa shape index (κ1) is 17.8. The molecule has 0 radical (unpaired) electrons. The summed E-state index contributed by atoms with van der Waals surface area (Å²) in [6, 6.07) is 13.0. The monoisotopic (exact) mass is 374 g/mol. The first-order valence-corrected chi connectivity index (χ1v) is 9.21. The lowest BCUT2D eigenvalue weighted by molar-refractivity contribution is 0.0956. The Balaban J connectivity index is 1.91. The second-order valence-corrected chi connectivity index (χ2v) is 7.46. The van der Waals surface area contributed by atoms with E-state index in [-0.39, 0.29) is 16.4 Å². The molecule has 136 valence electrons. The number of methoxy groups -OCH3 is 1. The lowest BCUT2D eigenvalue weighted by Gasteiger charge is -2.11. The molecule has 7 nitrogen and oxygen atoms in total. The van der Waals surface area contributed by atoms with Crippen molar-refractivity contribution >= 4 is 32.6 Å². The van der Waals surface area contributed by atoms with Crippen LogP contribution in [0.4, 0.5) is 5.69 Å². The largest absolute Gasteiger partial charge is 0.495 e. The van der Waals surface area contributed by atoms with Gasteiger partial charge in [-0.3, -0.25) is 4.79 Å². The summed E-state index contributed by atoms with van der Waals surface area (Å²) < 4.78 is 37.6. The molecule has 0 spiro atoms. The van der Waals surface area contributed by atoms with Crippen LogP contribution in [-0.4, -0.2) is 35.5 Å². The lowest BCUT2D eigenvalue weighted by Crippen LogP contribution is -2.30. The van der Waals surface area contributed by atoms with Gasteiger partial charge in [0.15, 0.2) is 5.76 Å². The van der Waals surface area contributed by atoms with E-state index >= 15 is 0 Å². The summed E-state index contributed by atoms with van der Waals surface area (Å²) >= 11 is 0. The zero-order chi connectivity index (χ0) is 18.9. The number of ether oxygens (including phenoxy) is 1. The van der Waals surface area contributed by atoms with Gasteiger partial charge in [0.2, 0.25) is 0 Å². The van der Waals surface area contributed by atoms with Gasteiger partial charge in [0.05, 0.1) is 7.11 Å². The maximum atomic E-state index is 12.5. The van der Waals surface area contributed by atoms with Gasteiger partial charge in [-0.2, -0.15) is 0 Å². The molecule has 0 bridgehead atoms. The molecule has 0 aliphatic rings. The van der Waals surface area contributed by atoms with E-state index in [4.69, 9.17) is 9.15 Å². The first-order chi connectivity index (χ1) is 12.3. The summed E-state index contributed by atoms with van der Waals surface area (Å²) in [7, 11) is 1.03. The van der Waals surface area contributed by atoms with E-state index in [9.17, 15) is 13.2 Å². The molecule has 3 rings (SSSR count). The van der Waals surface area contributed by atoms with E-state index in [2.05, 4.69) is 0 Å². The van der Waals surface area contributed by atoms with Gasteiger partial charge in [0, 0.05) is 31.2 Å². The molecule has 8 heteroatoms. The molecule has 0 aliphatic carbocycles. The van der Waals surface area contributed by atoms with E-state index in [1.165, 1.54) is 25.3 Å². The van der Waals surface area contributed by atoms with E-state index in [1.54, 1.807) is 24.3 Å². The molecule has 1 N–H and O–H groups in total. The van der Waals surface area contributed by atoms with Crippen LogP contribution in [0.3, 0.4) is 0 Å². The van der Waals surface area contributed by atoms with Crippen molar-refractivity contribution in [1.82, 2.24) is 4.72 Å². The van der Waals surface area contributed by atoms with Crippen LogP contribution in [0.1, 0.15) is 10.6 Å². The number of anilines is 1. The summed E-state index contributed by atoms with van der Waals surface area (Å²) in [4.78, 5) is 14.2. The highest BCUT2D eigenvalue weighted by molar-refractivity contribution is 7.90. The number of hydrogen-bond donors (Lipinski definition) is 1. The second kappa shape index (κ2) is 6.72. The van der Waals surface area contributed by atoms with Crippen LogP contribution < -0.4 is 14.4 Å². The standard InChI is InChI=1S/C18H18N2O5S/c1-20(2)13-9-8-12-10-16(25-15(12)11-13)18(21)19-26(22,23)17-7-5-4-6-14(17)24-3/h4-11H,1-3H3,(H,19,21). The van der Waals surface area contributed by atoms with Crippen molar-refractivity contribution in [2.75, 3.05) is 26.1 Å². The van der Waals surface area contributed by atoms with Gasteiger partial charge in [-0.1, -0.05) is 12.1 Å². The third kappa shape index (κ3) is 3.36. The highest BCUT2D eigenvalue weighted by atomic mass is 32.2. The number of benzene rings is 2. The lowest BCUT2D eigenvalue weighted by atomic mass is 10.2. The number of furan rings is 1. The number of carbonyl (C=O) groups is 1. The molecule has 3 aromatic rings. The molecule has 1 amide bonds. The van der Waals surface area contributed by atoms with Crippen LogP contribution in [0.2, 0.25) is 0 Å². The van der Waals surface area contributed by atoms with Gasteiger partial charge >= 0.3 is 5.91 Å². The van der Waals surface area contributed by atoms with Crippen LogP contribution in [0.25, 0.3) is 11.0 Å². The molecule has 0 atom stereocenters. The Morgan fingerprint density at radius 2 is 1.85 bits per heavy atom. The second-order valence-electron chi connectivity index (χ2n) is 5.81. The molecule has 0 aliphatic heterocycles. The molecule has 0 saturated heterocycles. The number of rotatable bonds is 5. The zero-order valence-electron chi connectivity index (χ0n) is 14.5. The molecule has 0 fully saturated rings. The third-order valence-corrected chi connectivity index (χ3v) is 5.20. The Kier molecular flexibility index (Phi) is 4.60. The maximum absolute atomic E-state index is 12.5. The van der Waals surface area contributed by atoms with Crippen LogP contribution >= 0.6 is 0 Å². The number of sulfonamides is 1. The van der Waals surface area contributed by atoms with E-state index in [1.807, 2.05) is 29.8 Å². The normalized spacial score (nSPS) is 11.3. The molecule has 0 unspecified atom stereocenters. The minimum absolute atomic E-state index is 0.0885. The van der Waals surface area contributed by atoms with Crippen molar-refractivity contribution in [2.45, 2.75) is 4.90 Å². The minimum Gasteiger partial charge on any atom is -0.495 e. The van der Waals surface area contributed by atoms with Gasteiger partial charge in [-0.05, 0) is 30.3 Å². The molecular formula is C18H18N2O5S. The number of nitrogens with one attached hydrogen (secondary N) is 1. The summed E-state index contributed by atoms with van der Waals surface area (Å²) in [5.74, 6) is -0.791. The number of carbonyl (C=O) groups excluding carboxylic acids is 1. The topological polar surface area (TPSA) is 88.8 Å². The molecule has 26 heavy (non-hydrogen) atoms. The first-order valence-electron chi connectivity index (χ1n) is 7.73. The minimum atomic E-state index is -4.10. The molecule has 1 aromatic heterocycles. The van der Waals surface area contributed by atoms with Gasteiger partial charge in [-0.15, -0.1) is 0 Å². The molecular weight excluding hydrogens is 356 g/mol. The van der Waals surface area contributed by atoms with E-state index in [0.29, 0.717) is 11.0 Å². The van der Waals surface area contributed by atoms with Crippen molar-refractivity contribution in [2.24, 2.45) is 0 Å². The Morgan fingerprint density at radius 1 is 1.12 bits per heavy atom. The zero-order valence-corrected chi connectivity index (χ0v) is 15.3. The summed E-state index contributed by atoms with van der Waals surface area (Å²) in [6.45, 7) is 0. The SMILES string of the molecule is COc1ccccc1S(=O)(=O)NC(=O)c1cc2ccc(N(C)C)cc2o1. The number of amides is 1. The smallest absolute Gasteiger partial charge is 0.300 e. The molecule has 1 heterocycles. The van der Waals surface area contributed by atoms with Crippen LogP contribution in [0.5, 0.6) is 5.75 Å². The Hall–Kier alpha value is -3.00. The van der Waals surface area contributed by atoms with Gasteiger partial charge in [0.1, 0.15) is 16.2 Å². The van der Waals surface area contributed by atoms with Crippen molar-refractivity contribution in [3.05, 3.63) is 54.3 Å². The predicted octanol–water partition coefficient (Wildman–Crippen LogP) is 2.63. The third-order valence-electron chi connectivity index (χ3n) is 3.83. The maximum Gasteiger partial charge on any atom is 0.300 e. The summed E-state index contributed by atoms with van der Waals surface area (Å²) in [6.07, 6.45) is 0. The average molecular weight is 374 g/mol. The quantitative estimate of drug-likeness (QED) is 0.738. The van der Waals surface area contributed by atoms with Crippen LogP contribution in [0.15, 0.2) is 57.8 Å².